The van der Waals surface area contributed by atoms with Crippen LogP contribution in [0.3, 0.4) is 0 Å². The fraction of sp³-hybridized carbons (Fsp3) is 0.485. The Hall–Kier alpha value is -3.71. The Bertz CT molecular complexity index is 1540. The molecule has 5 heterocycles. The Morgan fingerprint density at radius 3 is 2.30 bits per heavy atom. The maximum Gasteiger partial charge on any atom is 0.406 e. The molecular weight excluding hydrogens is 645 g/mol. The number of carbonyl (C=O) groups excluding carboxylic acids is 1. The summed E-state index contributed by atoms with van der Waals surface area (Å²) in [4.78, 5) is 43.5. The van der Waals surface area contributed by atoms with Gasteiger partial charge in [0, 0.05) is 66.5 Å². The van der Waals surface area contributed by atoms with Gasteiger partial charge in [0.2, 0.25) is 11.8 Å². The summed E-state index contributed by atoms with van der Waals surface area (Å²) in [6, 6.07) is 9.92. The minimum absolute atomic E-state index is 0.158. The molecule has 2 atom stereocenters. The van der Waals surface area contributed by atoms with Crippen LogP contribution >= 0.6 is 23.2 Å². The molecule has 0 saturated carbocycles. The number of methoxy groups -OCH3 is 1. The zero-order chi connectivity index (χ0) is 32.9. The summed E-state index contributed by atoms with van der Waals surface area (Å²) in [6.07, 6.45) is 7.13. The minimum Gasteiger partial charge on any atom is -0.481 e. The van der Waals surface area contributed by atoms with Gasteiger partial charge >= 0.3 is 12.1 Å². The average molecular weight is 685 g/mol. The highest BCUT2D eigenvalue weighted by molar-refractivity contribution is 6.35. The van der Waals surface area contributed by atoms with Crippen molar-refractivity contribution in [2.24, 2.45) is 5.92 Å². The number of benzene rings is 1. The number of aromatic nitrogens is 3. The normalized spacial score (nSPS) is 20.3. The number of nitrogens with one attached hydrogen (secondary N) is 1. The van der Waals surface area contributed by atoms with Crippen molar-refractivity contribution in [3.05, 3.63) is 58.3 Å². The maximum absolute atomic E-state index is 11.5. The molecule has 0 spiro atoms. The van der Waals surface area contributed by atoms with Crippen LogP contribution in [0.25, 0.3) is 11.3 Å². The first-order chi connectivity index (χ1) is 22.7. The molecule has 0 radical (unpaired) electrons. The monoisotopic (exact) mass is 683 g/mol. The van der Waals surface area contributed by atoms with E-state index in [4.69, 9.17) is 42.8 Å². The van der Waals surface area contributed by atoms with Crippen molar-refractivity contribution < 1.29 is 24.2 Å². The molecule has 14 heteroatoms. The van der Waals surface area contributed by atoms with E-state index in [0.717, 1.165) is 63.0 Å². The molecule has 2 aromatic heterocycles. The molecule has 3 aliphatic rings. The van der Waals surface area contributed by atoms with Gasteiger partial charge in [-0.1, -0.05) is 23.2 Å². The molecule has 1 amide bonds. The number of amides is 1. The van der Waals surface area contributed by atoms with Crippen molar-refractivity contribution in [3.8, 4) is 22.9 Å². The van der Waals surface area contributed by atoms with Crippen molar-refractivity contribution in [1.82, 2.24) is 30.1 Å². The van der Waals surface area contributed by atoms with Crippen molar-refractivity contribution in [3.63, 3.8) is 0 Å². The van der Waals surface area contributed by atoms with Crippen molar-refractivity contribution >= 4 is 41.2 Å². The quantitative estimate of drug-likeness (QED) is 0.272. The summed E-state index contributed by atoms with van der Waals surface area (Å²) in [5.74, 6) is 1.15. The molecule has 0 aliphatic carbocycles. The fourth-order valence-corrected chi connectivity index (χ4v) is 7.37. The van der Waals surface area contributed by atoms with E-state index >= 15 is 0 Å². The smallest absolute Gasteiger partial charge is 0.406 e. The highest BCUT2D eigenvalue weighted by Gasteiger charge is 2.40. The van der Waals surface area contributed by atoms with E-state index < -0.39 is 12.1 Å². The molecule has 3 aromatic rings. The number of carbonyl (C=O) groups is 2. The Balaban J connectivity index is 1.14. The van der Waals surface area contributed by atoms with E-state index in [9.17, 15) is 9.59 Å². The van der Waals surface area contributed by atoms with Gasteiger partial charge in [0.05, 0.1) is 31.6 Å². The molecule has 47 heavy (non-hydrogen) atoms. The highest BCUT2D eigenvalue weighted by Crippen LogP contribution is 2.33. The van der Waals surface area contributed by atoms with Crippen LogP contribution in [0.15, 0.2) is 42.7 Å². The van der Waals surface area contributed by atoms with Crippen LogP contribution in [0.2, 0.25) is 10.0 Å². The number of piperazine rings is 1. The SMILES string of the molecule is COC(=O)NCC1CCN(Cc2cc(Oc3cnc(N4CC5CCC(C4)N5CCC(=O)O)nc3)nc(-c3cc(Cl)cc(Cl)c3)c2)CC1. The lowest BCUT2D eigenvalue weighted by molar-refractivity contribution is -0.137. The van der Waals surface area contributed by atoms with Gasteiger partial charge in [-0.15, -0.1) is 0 Å². The number of ether oxygens (including phenoxy) is 2. The van der Waals surface area contributed by atoms with Crippen molar-refractivity contribution in [2.45, 2.75) is 50.7 Å². The number of fused-ring (bicyclic) bond motifs is 2. The van der Waals surface area contributed by atoms with Crippen LogP contribution in [0.1, 0.15) is 37.7 Å². The zero-order valence-corrected chi connectivity index (χ0v) is 27.8. The minimum atomic E-state index is -0.763. The van der Waals surface area contributed by atoms with Gasteiger partial charge in [0.25, 0.3) is 0 Å². The number of carboxylic acid groups (broad SMARTS) is 1. The first-order valence-electron chi connectivity index (χ1n) is 16.0. The Kier molecular flexibility index (Phi) is 10.6. The number of hydrogen-bond acceptors (Lipinski definition) is 10. The summed E-state index contributed by atoms with van der Waals surface area (Å²) >= 11 is 12.7. The van der Waals surface area contributed by atoms with Gasteiger partial charge < -0.3 is 24.8 Å². The van der Waals surface area contributed by atoms with Gasteiger partial charge in [0.15, 0.2) is 5.75 Å². The van der Waals surface area contributed by atoms with Crippen LogP contribution in [-0.2, 0) is 16.1 Å². The largest absolute Gasteiger partial charge is 0.481 e. The summed E-state index contributed by atoms with van der Waals surface area (Å²) in [5.41, 5.74) is 2.50. The average Bonchev–Trinajstić information content (AvgIpc) is 3.29. The highest BCUT2D eigenvalue weighted by atomic mass is 35.5. The van der Waals surface area contributed by atoms with E-state index in [0.29, 0.717) is 71.0 Å². The zero-order valence-electron chi connectivity index (χ0n) is 26.3. The number of anilines is 1. The number of halogens is 2. The third-order valence-corrected chi connectivity index (χ3v) is 9.63. The summed E-state index contributed by atoms with van der Waals surface area (Å²) in [5, 5.41) is 13.0. The molecule has 250 valence electrons. The second-order valence-electron chi connectivity index (χ2n) is 12.4. The number of aliphatic carboxylic acids is 1. The second kappa shape index (κ2) is 15.0. The molecular formula is C33H39Cl2N7O5. The van der Waals surface area contributed by atoms with Gasteiger partial charge in [-0.25, -0.2) is 19.7 Å². The van der Waals surface area contributed by atoms with Crippen LogP contribution < -0.4 is 15.0 Å². The summed E-state index contributed by atoms with van der Waals surface area (Å²) < 4.78 is 10.9. The Morgan fingerprint density at radius 2 is 1.66 bits per heavy atom. The molecule has 3 aliphatic heterocycles. The number of alkyl carbamates (subject to hydrolysis) is 1. The topological polar surface area (TPSA) is 133 Å². The molecule has 12 nitrogen and oxygen atoms in total. The molecule has 2 unspecified atom stereocenters. The molecule has 1 aromatic carbocycles. The third-order valence-electron chi connectivity index (χ3n) is 9.19. The van der Waals surface area contributed by atoms with Gasteiger partial charge in [-0.05, 0) is 74.5 Å². The number of rotatable bonds is 11. The van der Waals surface area contributed by atoms with Gasteiger partial charge in [0.1, 0.15) is 0 Å². The first kappa shape index (κ1) is 33.2. The van der Waals surface area contributed by atoms with E-state index in [1.54, 1.807) is 18.5 Å². The lowest BCUT2D eigenvalue weighted by Gasteiger charge is -2.40. The lowest BCUT2D eigenvalue weighted by Crippen LogP contribution is -2.54. The van der Waals surface area contributed by atoms with Crippen LogP contribution in [0.5, 0.6) is 11.6 Å². The number of pyridine rings is 1. The maximum atomic E-state index is 11.5. The number of nitrogens with zero attached hydrogens (tertiary/aromatic N) is 6. The molecule has 3 saturated heterocycles. The summed E-state index contributed by atoms with van der Waals surface area (Å²) in [6.45, 7) is 5.22. The van der Waals surface area contributed by atoms with E-state index in [2.05, 4.69) is 30.0 Å². The molecule has 2 bridgehead atoms. The Labute approximate surface area is 284 Å². The van der Waals surface area contributed by atoms with E-state index in [1.807, 2.05) is 24.3 Å². The molecule has 3 fully saturated rings. The predicted molar refractivity (Wildman–Crippen MR) is 178 cm³/mol. The van der Waals surface area contributed by atoms with Crippen molar-refractivity contribution in [1.29, 1.82) is 0 Å². The molecule has 6 rings (SSSR count). The number of likely N-dealkylation sites (tertiary alicyclic amines) is 1. The van der Waals surface area contributed by atoms with Crippen LogP contribution in [0, 0.1) is 5.92 Å². The van der Waals surface area contributed by atoms with Crippen LogP contribution in [0.4, 0.5) is 10.7 Å². The van der Waals surface area contributed by atoms with Crippen LogP contribution in [-0.4, -0.2) is 100 Å². The second-order valence-corrected chi connectivity index (χ2v) is 13.3. The third kappa shape index (κ3) is 8.61. The van der Waals surface area contributed by atoms with Gasteiger partial charge in [-0.3, -0.25) is 14.6 Å². The number of hydrogen-bond donors (Lipinski definition) is 2. The van der Waals surface area contributed by atoms with Gasteiger partial charge in [-0.2, -0.15) is 0 Å². The lowest BCUT2D eigenvalue weighted by atomic mass is 9.96. The number of piperidine rings is 1. The molecule has 2 N–H and O–H groups in total. The van der Waals surface area contributed by atoms with Crippen molar-refractivity contribution in [2.75, 3.05) is 51.3 Å². The van der Waals surface area contributed by atoms with E-state index in [1.165, 1.54) is 7.11 Å². The predicted octanol–water partition coefficient (Wildman–Crippen LogP) is 5.33. The number of carboxylic acids is 1. The first-order valence-corrected chi connectivity index (χ1v) is 16.7. The summed E-state index contributed by atoms with van der Waals surface area (Å²) in [7, 11) is 1.37. The van der Waals surface area contributed by atoms with E-state index in [-0.39, 0.29) is 6.42 Å². The fourth-order valence-electron chi connectivity index (χ4n) is 6.85. The standard InChI is InChI=1S/C33H39Cl2N7O5/c1-46-33(45)38-15-21-4-7-40(8-5-21)18-22-10-29(23-12-24(34)14-25(35)13-23)39-30(11-22)47-28-16-36-32(37-17-28)41-19-26-2-3-27(20-41)42(26)9-6-31(43)44/h10-14,16-17,21,26-27H,2-9,15,18-20H2,1H3,(H,38,45)(H,43,44). The Morgan fingerprint density at radius 1 is 0.979 bits per heavy atom.